The number of aliphatic carboxylic acids is 1. The first kappa shape index (κ1) is 21.9. The Hall–Kier alpha value is -1.12. The molecule has 0 aliphatic heterocycles. The number of rotatable bonds is 17. The number of unbranched alkanes of at least 4 members (excludes halogenated alkanes) is 11. The Labute approximate surface area is 142 Å². The second-order valence-electron chi connectivity index (χ2n) is 6.44. The SMILES string of the molecule is CCCCCCCC(=O)C=CCCCCCCCCCC(=O)O. The molecule has 3 heteroatoms. The maximum atomic E-state index is 11.6. The Morgan fingerprint density at radius 1 is 0.739 bits per heavy atom. The van der Waals surface area contributed by atoms with Gasteiger partial charge in [0, 0.05) is 12.8 Å². The average Bonchev–Trinajstić information content (AvgIpc) is 2.52. The van der Waals surface area contributed by atoms with Crippen LogP contribution in [0.2, 0.25) is 0 Å². The lowest BCUT2D eigenvalue weighted by molar-refractivity contribution is -0.137. The average molecular weight is 325 g/mol. The predicted octanol–water partition coefficient (Wildman–Crippen LogP) is 6.07. The van der Waals surface area contributed by atoms with E-state index in [1.54, 1.807) is 6.08 Å². The topological polar surface area (TPSA) is 54.4 Å². The second-order valence-corrected chi connectivity index (χ2v) is 6.44. The van der Waals surface area contributed by atoms with Crippen molar-refractivity contribution in [2.24, 2.45) is 0 Å². The monoisotopic (exact) mass is 324 g/mol. The van der Waals surface area contributed by atoms with Crippen LogP contribution < -0.4 is 0 Å². The van der Waals surface area contributed by atoms with Crippen molar-refractivity contribution < 1.29 is 14.7 Å². The van der Waals surface area contributed by atoms with Crippen LogP contribution in [-0.4, -0.2) is 16.9 Å². The third-order valence-corrected chi connectivity index (χ3v) is 4.09. The molecular formula is C20H36O3. The summed E-state index contributed by atoms with van der Waals surface area (Å²) in [4.78, 5) is 22.0. The quantitative estimate of drug-likeness (QED) is 0.261. The molecule has 0 aromatic heterocycles. The number of carboxylic acids is 1. The highest BCUT2D eigenvalue weighted by Gasteiger charge is 1.97. The molecule has 0 rings (SSSR count). The Morgan fingerprint density at radius 2 is 1.26 bits per heavy atom. The highest BCUT2D eigenvalue weighted by molar-refractivity contribution is 5.89. The summed E-state index contributed by atoms with van der Waals surface area (Å²) in [6.45, 7) is 2.20. The van der Waals surface area contributed by atoms with Crippen LogP contribution in [0.4, 0.5) is 0 Å². The molecule has 0 radical (unpaired) electrons. The van der Waals surface area contributed by atoms with Crippen LogP contribution in [0.25, 0.3) is 0 Å². The zero-order chi connectivity index (χ0) is 17.2. The number of carboxylic acid groups (broad SMARTS) is 1. The first-order valence-corrected chi connectivity index (χ1v) is 9.58. The molecule has 0 aliphatic rings. The van der Waals surface area contributed by atoms with Crippen molar-refractivity contribution in [2.45, 2.75) is 103 Å². The molecule has 0 fully saturated rings. The van der Waals surface area contributed by atoms with Crippen molar-refractivity contribution in [3.8, 4) is 0 Å². The molecule has 0 amide bonds. The Morgan fingerprint density at radius 3 is 1.87 bits per heavy atom. The fourth-order valence-corrected chi connectivity index (χ4v) is 2.62. The summed E-state index contributed by atoms with van der Waals surface area (Å²) in [5.74, 6) is -0.410. The van der Waals surface area contributed by atoms with Crippen molar-refractivity contribution in [2.75, 3.05) is 0 Å². The van der Waals surface area contributed by atoms with Gasteiger partial charge >= 0.3 is 5.97 Å². The summed E-state index contributed by atoms with van der Waals surface area (Å²) in [6, 6.07) is 0. The van der Waals surface area contributed by atoms with Crippen LogP contribution in [0.3, 0.4) is 0 Å². The van der Waals surface area contributed by atoms with Crippen LogP contribution in [0.5, 0.6) is 0 Å². The lowest BCUT2D eigenvalue weighted by Gasteiger charge is -2.00. The molecule has 0 unspecified atom stereocenters. The molecule has 0 saturated heterocycles. The summed E-state index contributed by atoms with van der Waals surface area (Å²) in [5, 5.41) is 8.53. The van der Waals surface area contributed by atoms with E-state index in [0.717, 1.165) is 38.5 Å². The zero-order valence-corrected chi connectivity index (χ0v) is 15.0. The van der Waals surface area contributed by atoms with Gasteiger partial charge in [0.25, 0.3) is 0 Å². The van der Waals surface area contributed by atoms with Gasteiger partial charge in [0.15, 0.2) is 5.78 Å². The summed E-state index contributed by atoms with van der Waals surface area (Å²) >= 11 is 0. The van der Waals surface area contributed by atoms with Gasteiger partial charge < -0.3 is 5.11 Å². The van der Waals surface area contributed by atoms with Gasteiger partial charge in [-0.1, -0.05) is 70.8 Å². The number of hydrogen-bond donors (Lipinski definition) is 1. The minimum absolute atomic E-state index is 0.278. The van der Waals surface area contributed by atoms with Crippen LogP contribution in [0.15, 0.2) is 12.2 Å². The van der Waals surface area contributed by atoms with Crippen molar-refractivity contribution in [1.29, 1.82) is 0 Å². The maximum Gasteiger partial charge on any atom is 0.303 e. The first-order valence-electron chi connectivity index (χ1n) is 9.58. The number of ketones is 1. The van der Waals surface area contributed by atoms with E-state index in [-0.39, 0.29) is 5.78 Å². The third-order valence-electron chi connectivity index (χ3n) is 4.09. The van der Waals surface area contributed by atoms with E-state index in [1.807, 2.05) is 6.08 Å². The van der Waals surface area contributed by atoms with Crippen LogP contribution in [0.1, 0.15) is 103 Å². The van der Waals surface area contributed by atoms with Gasteiger partial charge in [0.2, 0.25) is 0 Å². The lowest BCUT2D eigenvalue weighted by atomic mass is 10.1. The molecule has 0 saturated carbocycles. The highest BCUT2D eigenvalue weighted by Crippen LogP contribution is 2.10. The maximum absolute atomic E-state index is 11.6. The molecular weight excluding hydrogens is 288 g/mol. The lowest BCUT2D eigenvalue weighted by Crippen LogP contribution is -1.93. The summed E-state index contributed by atoms with van der Waals surface area (Å²) < 4.78 is 0. The van der Waals surface area contributed by atoms with Crippen LogP contribution in [0, 0.1) is 0 Å². The molecule has 0 spiro atoms. The van der Waals surface area contributed by atoms with Gasteiger partial charge in [-0.3, -0.25) is 9.59 Å². The first-order chi connectivity index (χ1) is 11.2. The summed E-state index contributed by atoms with van der Waals surface area (Å²) in [5.41, 5.74) is 0. The molecule has 3 nitrogen and oxygen atoms in total. The molecule has 0 aromatic rings. The molecule has 0 bridgehead atoms. The largest absolute Gasteiger partial charge is 0.481 e. The third kappa shape index (κ3) is 18.8. The summed E-state index contributed by atoms with van der Waals surface area (Å²) in [6.07, 6.45) is 19.5. The zero-order valence-electron chi connectivity index (χ0n) is 15.0. The molecule has 0 atom stereocenters. The number of carbonyl (C=O) groups excluding carboxylic acids is 1. The highest BCUT2D eigenvalue weighted by atomic mass is 16.4. The van der Waals surface area contributed by atoms with E-state index in [9.17, 15) is 9.59 Å². The fourth-order valence-electron chi connectivity index (χ4n) is 2.62. The van der Waals surface area contributed by atoms with Gasteiger partial charge in [0.05, 0.1) is 0 Å². The Bertz CT molecular complexity index is 321. The van der Waals surface area contributed by atoms with Crippen LogP contribution >= 0.6 is 0 Å². The van der Waals surface area contributed by atoms with E-state index in [1.165, 1.54) is 44.9 Å². The van der Waals surface area contributed by atoms with Gasteiger partial charge in [-0.2, -0.15) is 0 Å². The normalized spacial score (nSPS) is 11.2. The standard InChI is InChI=1S/C20H36O3/c1-2-3-4-10-13-16-19(21)17-14-11-8-6-5-7-9-12-15-18-20(22)23/h14,17H,2-13,15-16,18H2,1H3,(H,22,23). The molecule has 23 heavy (non-hydrogen) atoms. The minimum Gasteiger partial charge on any atom is -0.481 e. The van der Waals surface area contributed by atoms with Gasteiger partial charge in [-0.05, 0) is 31.8 Å². The molecule has 0 heterocycles. The second kappa shape index (κ2) is 17.2. The van der Waals surface area contributed by atoms with Crippen LogP contribution in [-0.2, 0) is 9.59 Å². The van der Waals surface area contributed by atoms with Crippen molar-refractivity contribution >= 4 is 11.8 Å². The number of carbonyl (C=O) groups is 2. The van der Waals surface area contributed by atoms with E-state index in [0.29, 0.717) is 12.8 Å². The van der Waals surface area contributed by atoms with E-state index in [4.69, 9.17) is 5.11 Å². The van der Waals surface area contributed by atoms with E-state index in [2.05, 4.69) is 6.92 Å². The van der Waals surface area contributed by atoms with E-state index < -0.39 is 5.97 Å². The van der Waals surface area contributed by atoms with Gasteiger partial charge in [-0.15, -0.1) is 0 Å². The molecule has 1 N–H and O–H groups in total. The fraction of sp³-hybridized carbons (Fsp3) is 0.800. The van der Waals surface area contributed by atoms with Gasteiger partial charge in [0.1, 0.15) is 0 Å². The number of hydrogen-bond acceptors (Lipinski definition) is 2. The molecule has 0 aromatic carbocycles. The predicted molar refractivity (Wildman–Crippen MR) is 96.7 cm³/mol. The smallest absolute Gasteiger partial charge is 0.303 e. The minimum atomic E-state index is -0.688. The molecule has 134 valence electrons. The Kier molecular flexibility index (Phi) is 16.4. The number of allylic oxidation sites excluding steroid dienone is 2. The molecule has 0 aliphatic carbocycles. The Balaban J connectivity index is 3.26. The van der Waals surface area contributed by atoms with Crippen molar-refractivity contribution in [1.82, 2.24) is 0 Å². The summed E-state index contributed by atoms with van der Waals surface area (Å²) in [7, 11) is 0. The van der Waals surface area contributed by atoms with Crippen molar-refractivity contribution in [3.63, 3.8) is 0 Å². The van der Waals surface area contributed by atoms with Gasteiger partial charge in [-0.25, -0.2) is 0 Å². The van der Waals surface area contributed by atoms with E-state index >= 15 is 0 Å². The van der Waals surface area contributed by atoms with Crippen molar-refractivity contribution in [3.05, 3.63) is 12.2 Å².